The molecule has 3 aromatic carbocycles. The fourth-order valence-electron chi connectivity index (χ4n) is 6.71. The Balaban J connectivity index is 1.43. The Morgan fingerprint density at radius 2 is 1.45 bits per heavy atom. The highest BCUT2D eigenvalue weighted by atomic mass is 19.1. The number of hydrogen-bond acceptors (Lipinski definition) is 13. The summed E-state index contributed by atoms with van der Waals surface area (Å²) in [5.74, 6) is -5.11. The lowest BCUT2D eigenvalue weighted by molar-refractivity contribution is -0.141. The standard InChI is InChI=1S/C42H56FN9O6/c1-25(2)19-28(21-31(53)24-49-50-35(20-26-9-4-3-5-10-26)40(57)37(54)27-14-16-30(43)17-15-27)38(55)39(56)34(13-8-18-47-42(45)46)51-52-36(41(44)58)22-29-23-48-33-12-7-6-11-32(29)33/h3-7,9-12,14-17,23,25,28,31,34-36,42,47-53H,8,13,18-22,24,45-46H2,1-2H3,(H2,44,58)/t28?,31-,34-,35-,36-/m0/s1. The van der Waals surface area contributed by atoms with E-state index in [1.807, 2.05) is 44.2 Å². The maximum absolute atomic E-state index is 14.0. The molecule has 1 aromatic heterocycles. The summed E-state index contributed by atoms with van der Waals surface area (Å²) in [5.41, 5.74) is 31.0. The number of fused-ring (bicyclic) bond motifs is 1. The van der Waals surface area contributed by atoms with E-state index in [4.69, 9.17) is 17.2 Å². The molecule has 0 saturated heterocycles. The van der Waals surface area contributed by atoms with Crippen LogP contribution in [-0.4, -0.2) is 82.7 Å². The van der Waals surface area contributed by atoms with Gasteiger partial charge in [-0.25, -0.2) is 20.7 Å². The van der Waals surface area contributed by atoms with E-state index in [-0.39, 0.29) is 43.7 Å². The third-order valence-corrected chi connectivity index (χ3v) is 9.71. The molecule has 1 heterocycles. The van der Waals surface area contributed by atoms with Gasteiger partial charge in [0.15, 0.2) is 0 Å². The van der Waals surface area contributed by atoms with E-state index >= 15 is 0 Å². The van der Waals surface area contributed by atoms with Crippen LogP contribution >= 0.6 is 0 Å². The Hall–Kier alpha value is -5.04. The molecule has 0 bridgehead atoms. The molecule has 5 atom stereocenters. The number of carbonyl (C=O) groups excluding carboxylic acids is 5. The van der Waals surface area contributed by atoms with Crippen LogP contribution in [0.2, 0.25) is 0 Å². The number of rotatable bonds is 27. The Morgan fingerprint density at radius 3 is 2.12 bits per heavy atom. The van der Waals surface area contributed by atoms with E-state index in [1.165, 1.54) is 12.1 Å². The van der Waals surface area contributed by atoms with Crippen molar-refractivity contribution in [1.29, 1.82) is 0 Å². The number of hydrazine groups is 2. The van der Waals surface area contributed by atoms with Crippen molar-refractivity contribution in [3.63, 3.8) is 0 Å². The summed E-state index contributed by atoms with van der Waals surface area (Å²) < 4.78 is 13.5. The number of para-hydroxylation sites is 1. The van der Waals surface area contributed by atoms with Crippen LogP contribution in [0.25, 0.3) is 10.9 Å². The van der Waals surface area contributed by atoms with Crippen molar-refractivity contribution in [3.05, 3.63) is 108 Å². The molecule has 0 fully saturated rings. The second kappa shape index (κ2) is 22.8. The molecular weight excluding hydrogens is 746 g/mol. The summed E-state index contributed by atoms with van der Waals surface area (Å²) >= 11 is 0. The van der Waals surface area contributed by atoms with E-state index in [0.717, 1.165) is 34.2 Å². The molecule has 4 aromatic rings. The highest BCUT2D eigenvalue weighted by Crippen LogP contribution is 2.22. The highest BCUT2D eigenvalue weighted by molar-refractivity contribution is 6.45. The second-order valence-electron chi connectivity index (χ2n) is 14.9. The molecular formula is C42H56FN9O6. The summed E-state index contributed by atoms with van der Waals surface area (Å²) in [6, 6.07) is 18.2. The van der Waals surface area contributed by atoms with E-state index in [0.29, 0.717) is 19.4 Å². The number of hydrogen-bond donors (Lipinski definition) is 10. The number of aliphatic hydroxyl groups excluding tert-OH is 1. The first-order valence-corrected chi connectivity index (χ1v) is 19.5. The number of nitrogens with one attached hydrogen (secondary N) is 6. The molecule has 0 radical (unpaired) electrons. The predicted molar refractivity (Wildman–Crippen MR) is 219 cm³/mol. The number of aromatic nitrogens is 1. The number of aliphatic hydroxyl groups is 1. The number of primary amides is 1. The maximum atomic E-state index is 14.0. The maximum Gasteiger partial charge on any atom is 0.236 e. The van der Waals surface area contributed by atoms with Gasteiger partial charge in [-0.3, -0.25) is 34.7 Å². The fourth-order valence-corrected chi connectivity index (χ4v) is 6.71. The third kappa shape index (κ3) is 14.1. The van der Waals surface area contributed by atoms with Crippen LogP contribution in [0.5, 0.6) is 0 Å². The van der Waals surface area contributed by atoms with Gasteiger partial charge < -0.3 is 27.3 Å². The summed E-state index contributed by atoms with van der Waals surface area (Å²) in [6.07, 6.45) is 0.971. The lowest BCUT2D eigenvalue weighted by atomic mass is 9.85. The molecule has 58 heavy (non-hydrogen) atoms. The molecule has 13 N–H and O–H groups in total. The van der Waals surface area contributed by atoms with Crippen LogP contribution in [0, 0.1) is 17.7 Å². The Bertz CT molecular complexity index is 1960. The Kier molecular flexibility index (Phi) is 17.9. The number of halogens is 1. The lowest BCUT2D eigenvalue weighted by Crippen LogP contribution is -2.56. The first kappa shape index (κ1) is 45.7. The van der Waals surface area contributed by atoms with Crippen molar-refractivity contribution in [3.8, 4) is 0 Å². The Labute approximate surface area is 337 Å². The van der Waals surface area contributed by atoms with Crippen LogP contribution in [0.4, 0.5) is 4.39 Å². The molecule has 0 aliphatic carbocycles. The molecule has 0 aliphatic heterocycles. The number of benzene rings is 3. The fraction of sp³-hybridized carbons (Fsp3) is 0.405. The smallest absolute Gasteiger partial charge is 0.236 e. The van der Waals surface area contributed by atoms with Gasteiger partial charge in [0.25, 0.3) is 0 Å². The number of ketones is 4. The molecule has 1 amide bonds. The summed E-state index contributed by atoms with van der Waals surface area (Å²) in [7, 11) is 0. The van der Waals surface area contributed by atoms with Gasteiger partial charge in [-0.05, 0) is 86.0 Å². The van der Waals surface area contributed by atoms with Gasteiger partial charge in [0.05, 0.1) is 18.2 Å². The number of nitrogens with two attached hydrogens (primary N) is 3. The van der Waals surface area contributed by atoms with E-state index in [9.17, 15) is 33.5 Å². The number of aromatic amines is 1. The van der Waals surface area contributed by atoms with Crippen molar-refractivity contribution in [2.45, 2.75) is 82.9 Å². The van der Waals surface area contributed by atoms with Crippen molar-refractivity contribution in [2.24, 2.45) is 29.0 Å². The van der Waals surface area contributed by atoms with Crippen LogP contribution < -0.4 is 44.2 Å². The second-order valence-corrected chi connectivity index (χ2v) is 14.9. The summed E-state index contributed by atoms with van der Waals surface area (Å²) in [5, 5.41) is 14.9. The number of Topliss-reactive ketones (excluding diaryl/α,β-unsaturated/α-hetero) is 4. The van der Waals surface area contributed by atoms with Gasteiger partial charge in [-0.15, -0.1) is 0 Å². The Morgan fingerprint density at radius 1 is 0.776 bits per heavy atom. The average molecular weight is 802 g/mol. The molecule has 15 nitrogen and oxygen atoms in total. The number of carbonyl (C=O) groups is 5. The van der Waals surface area contributed by atoms with Gasteiger partial charge in [0.1, 0.15) is 18.1 Å². The zero-order chi connectivity index (χ0) is 42.2. The van der Waals surface area contributed by atoms with E-state index in [2.05, 4.69) is 32.0 Å². The number of H-pyrrole nitrogens is 1. The molecule has 312 valence electrons. The SMILES string of the molecule is CC(C)CC(C[C@H](O)CNN[C@@H](Cc1ccccc1)C(=O)C(=O)c1ccc(F)cc1)C(=O)C(=O)[C@H](CCCNC(N)N)NN[C@@H](Cc1c[nH]c2ccccc12)C(N)=O. The molecule has 1 unspecified atom stereocenters. The molecule has 16 heteroatoms. The minimum absolute atomic E-state index is 0.0134. The highest BCUT2D eigenvalue weighted by Gasteiger charge is 2.34. The predicted octanol–water partition coefficient (Wildman–Crippen LogP) is 1.45. The molecule has 0 spiro atoms. The summed E-state index contributed by atoms with van der Waals surface area (Å²) in [4.78, 5) is 70.1. The normalized spacial score (nSPS) is 14.3. The topological polar surface area (TPSA) is 260 Å². The van der Waals surface area contributed by atoms with Crippen molar-refractivity contribution in [1.82, 2.24) is 32.0 Å². The van der Waals surface area contributed by atoms with Gasteiger partial charge in [-0.2, -0.15) is 0 Å². The van der Waals surface area contributed by atoms with E-state index in [1.54, 1.807) is 30.5 Å². The zero-order valence-corrected chi connectivity index (χ0v) is 32.9. The zero-order valence-electron chi connectivity index (χ0n) is 32.9. The van der Waals surface area contributed by atoms with Crippen LogP contribution in [0.1, 0.15) is 61.0 Å². The third-order valence-electron chi connectivity index (χ3n) is 9.71. The monoisotopic (exact) mass is 801 g/mol. The lowest BCUT2D eigenvalue weighted by Gasteiger charge is -2.26. The van der Waals surface area contributed by atoms with Crippen molar-refractivity contribution < 1.29 is 33.5 Å². The van der Waals surface area contributed by atoms with Crippen LogP contribution in [0.3, 0.4) is 0 Å². The molecule has 0 saturated carbocycles. The van der Waals surface area contributed by atoms with Gasteiger partial charge in [0.2, 0.25) is 29.0 Å². The minimum atomic E-state index is -1.15. The minimum Gasteiger partial charge on any atom is -0.392 e. The van der Waals surface area contributed by atoms with Crippen molar-refractivity contribution in [2.75, 3.05) is 13.1 Å². The van der Waals surface area contributed by atoms with Gasteiger partial charge in [-0.1, -0.05) is 62.4 Å². The number of amides is 1. The molecule has 0 aliphatic rings. The van der Waals surface area contributed by atoms with Gasteiger partial charge >= 0.3 is 0 Å². The van der Waals surface area contributed by atoms with E-state index < -0.39 is 71.3 Å². The first-order valence-electron chi connectivity index (χ1n) is 19.5. The molecule has 4 rings (SSSR count). The largest absolute Gasteiger partial charge is 0.392 e. The first-order chi connectivity index (χ1) is 27.7. The van der Waals surface area contributed by atoms with Gasteiger partial charge in [0, 0.05) is 41.5 Å². The van der Waals surface area contributed by atoms with Crippen LogP contribution in [-0.2, 0) is 32.0 Å². The summed E-state index contributed by atoms with van der Waals surface area (Å²) in [6.45, 7) is 4.01. The quantitative estimate of drug-likeness (QED) is 0.0135. The average Bonchev–Trinajstić information content (AvgIpc) is 3.61. The van der Waals surface area contributed by atoms with Crippen LogP contribution in [0.15, 0.2) is 85.1 Å². The van der Waals surface area contributed by atoms with Crippen molar-refractivity contribution >= 4 is 39.9 Å².